The van der Waals surface area contributed by atoms with Crippen molar-refractivity contribution in [3.8, 4) is 0 Å². The lowest BCUT2D eigenvalue weighted by molar-refractivity contribution is 0.240. The predicted molar refractivity (Wildman–Crippen MR) is 57.0 cm³/mol. The van der Waals surface area contributed by atoms with Gasteiger partial charge in [-0.25, -0.2) is 0 Å². The second kappa shape index (κ2) is 4.77. The van der Waals surface area contributed by atoms with E-state index >= 15 is 0 Å². The van der Waals surface area contributed by atoms with Gasteiger partial charge in [-0.3, -0.25) is 11.3 Å². The Hall–Kier alpha value is -0.340. The summed E-state index contributed by atoms with van der Waals surface area (Å²) in [7, 11) is 0. The monoisotopic (exact) mass is 182 g/mol. The fraction of sp³-hybridized carbons (Fsp3) is 0.818. The summed E-state index contributed by atoms with van der Waals surface area (Å²) in [5, 5.41) is 0. The van der Waals surface area contributed by atoms with Crippen molar-refractivity contribution in [3.05, 3.63) is 12.2 Å². The second-order valence-corrected chi connectivity index (χ2v) is 4.52. The largest absolute Gasteiger partial charge is 0.271 e. The third-order valence-electron chi connectivity index (χ3n) is 3.16. The highest BCUT2D eigenvalue weighted by Crippen LogP contribution is 2.32. The SMILES string of the molecule is C=C(C)C(NN)C1CCCC(C)C1. The van der Waals surface area contributed by atoms with Crippen LogP contribution in [0.15, 0.2) is 12.2 Å². The molecule has 0 aliphatic heterocycles. The molecule has 1 aliphatic rings. The Morgan fingerprint density at radius 1 is 1.54 bits per heavy atom. The molecule has 0 aromatic rings. The molecule has 3 unspecified atom stereocenters. The molecule has 2 nitrogen and oxygen atoms in total. The normalized spacial score (nSPS) is 31.3. The van der Waals surface area contributed by atoms with Crippen LogP contribution in [0, 0.1) is 11.8 Å². The van der Waals surface area contributed by atoms with Crippen LogP contribution in [0.3, 0.4) is 0 Å². The van der Waals surface area contributed by atoms with Crippen LogP contribution in [0.25, 0.3) is 0 Å². The van der Waals surface area contributed by atoms with E-state index in [1.807, 2.05) is 0 Å². The van der Waals surface area contributed by atoms with Crippen LogP contribution in [0.2, 0.25) is 0 Å². The average Bonchev–Trinajstić information content (AvgIpc) is 2.04. The highest BCUT2D eigenvalue weighted by Gasteiger charge is 2.26. The number of rotatable bonds is 3. The zero-order chi connectivity index (χ0) is 9.84. The zero-order valence-corrected chi connectivity index (χ0v) is 8.84. The van der Waals surface area contributed by atoms with Crippen molar-refractivity contribution in [1.29, 1.82) is 0 Å². The van der Waals surface area contributed by atoms with E-state index < -0.39 is 0 Å². The lowest BCUT2D eigenvalue weighted by Gasteiger charge is -2.33. The molecule has 0 amide bonds. The zero-order valence-electron chi connectivity index (χ0n) is 8.84. The van der Waals surface area contributed by atoms with Crippen LogP contribution in [-0.2, 0) is 0 Å². The molecular weight excluding hydrogens is 160 g/mol. The maximum atomic E-state index is 5.54. The number of nitrogens with two attached hydrogens (primary N) is 1. The molecule has 1 aliphatic carbocycles. The second-order valence-electron chi connectivity index (χ2n) is 4.52. The van der Waals surface area contributed by atoms with E-state index in [1.165, 1.54) is 31.3 Å². The molecular formula is C11H22N2. The number of nitrogens with one attached hydrogen (secondary N) is 1. The first-order valence-corrected chi connectivity index (χ1v) is 5.26. The molecule has 1 fully saturated rings. The molecule has 76 valence electrons. The Morgan fingerprint density at radius 3 is 2.69 bits per heavy atom. The Balaban J connectivity index is 2.52. The minimum Gasteiger partial charge on any atom is -0.271 e. The predicted octanol–water partition coefficient (Wildman–Crippen LogP) is 2.22. The molecule has 3 atom stereocenters. The van der Waals surface area contributed by atoms with Crippen LogP contribution in [0.4, 0.5) is 0 Å². The molecule has 0 spiro atoms. The van der Waals surface area contributed by atoms with Crippen molar-refractivity contribution in [2.75, 3.05) is 0 Å². The van der Waals surface area contributed by atoms with Gasteiger partial charge >= 0.3 is 0 Å². The maximum absolute atomic E-state index is 5.54. The topological polar surface area (TPSA) is 38.0 Å². The van der Waals surface area contributed by atoms with Gasteiger partial charge in [-0.05, 0) is 31.6 Å². The maximum Gasteiger partial charge on any atom is 0.0442 e. The first-order chi connectivity index (χ1) is 6.15. The molecule has 1 rings (SSSR count). The number of hydrogen-bond acceptors (Lipinski definition) is 2. The Bertz CT molecular complexity index is 177. The van der Waals surface area contributed by atoms with Crippen LogP contribution < -0.4 is 11.3 Å². The van der Waals surface area contributed by atoms with Crippen molar-refractivity contribution in [2.45, 2.75) is 45.6 Å². The Morgan fingerprint density at radius 2 is 2.23 bits per heavy atom. The molecule has 0 saturated heterocycles. The summed E-state index contributed by atoms with van der Waals surface area (Å²) < 4.78 is 0. The van der Waals surface area contributed by atoms with Crippen LogP contribution in [0.1, 0.15) is 39.5 Å². The molecule has 0 aromatic heterocycles. The van der Waals surface area contributed by atoms with Gasteiger partial charge in [0.2, 0.25) is 0 Å². The molecule has 0 heterocycles. The van der Waals surface area contributed by atoms with E-state index in [9.17, 15) is 0 Å². The van der Waals surface area contributed by atoms with Gasteiger partial charge in [-0.15, -0.1) is 0 Å². The molecule has 0 bridgehead atoms. The van der Waals surface area contributed by atoms with E-state index in [0.29, 0.717) is 12.0 Å². The third-order valence-corrected chi connectivity index (χ3v) is 3.16. The van der Waals surface area contributed by atoms with E-state index in [1.54, 1.807) is 0 Å². The fourth-order valence-electron chi connectivity index (χ4n) is 2.46. The smallest absolute Gasteiger partial charge is 0.0442 e. The van der Waals surface area contributed by atoms with Crippen molar-refractivity contribution < 1.29 is 0 Å². The Kier molecular flexibility index (Phi) is 3.94. The lowest BCUT2D eigenvalue weighted by atomic mass is 9.77. The van der Waals surface area contributed by atoms with E-state index in [-0.39, 0.29) is 0 Å². The molecule has 2 heteroatoms. The highest BCUT2D eigenvalue weighted by atomic mass is 15.2. The van der Waals surface area contributed by atoms with E-state index in [2.05, 4.69) is 25.9 Å². The van der Waals surface area contributed by atoms with Gasteiger partial charge in [-0.2, -0.15) is 0 Å². The van der Waals surface area contributed by atoms with E-state index in [0.717, 1.165) is 5.92 Å². The van der Waals surface area contributed by atoms with Crippen molar-refractivity contribution in [3.63, 3.8) is 0 Å². The molecule has 13 heavy (non-hydrogen) atoms. The summed E-state index contributed by atoms with van der Waals surface area (Å²) in [4.78, 5) is 0. The van der Waals surface area contributed by atoms with Crippen LogP contribution in [-0.4, -0.2) is 6.04 Å². The van der Waals surface area contributed by atoms with Gasteiger partial charge in [0.05, 0.1) is 0 Å². The quantitative estimate of drug-likeness (QED) is 0.399. The van der Waals surface area contributed by atoms with Gasteiger partial charge in [0.1, 0.15) is 0 Å². The summed E-state index contributed by atoms with van der Waals surface area (Å²) in [6, 6.07) is 0.322. The van der Waals surface area contributed by atoms with Crippen molar-refractivity contribution in [2.24, 2.45) is 17.7 Å². The standard InChI is InChI=1S/C11H22N2/c1-8(2)11(13-12)10-6-4-5-9(3)7-10/h9-11,13H,1,4-7,12H2,2-3H3. The van der Waals surface area contributed by atoms with Gasteiger partial charge in [-0.1, -0.05) is 31.9 Å². The minimum absolute atomic E-state index is 0.322. The fourth-order valence-corrected chi connectivity index (χ4v) is 2.46. The molecule has 0 aromatic carbocycles. The minimum atomic E-state index is 0.322. The summed E-state index contributed by atoms with van der Waals surface area (Å²) in [5.74, 6) is 7.09. The first kappa shape index (κ1) is 10.7. The summed E-state index contributed by atoms with van der Waals surface area (Å²) in [6.07, 6.45) is 5.31. The van der Waals surface area contributed by atoms with E-state index in [4.69, 9.17) is 5.84 Å². The average molecular weight is 182 g/mol. The lowest BCUT2D eigenvalue weighted by Crippen LogP contribution is -2.43. The first-order valence-electron chi connectivity index (χ1n) is 5.26. The van der Waals surface area contributed by atoms with Gasteiger partial charge < -0.3 is 0 Å². The van der Waals surface area contributed by atoms with Gasteiger partial charge in [0.15, 0.2) is 0 Å². The highest BCUT2D eigenvalue weighted by molar-refractivity contribution is 5.04. The summed E-state index contributed by atoms with van der Waals surface area (Å²) in [5.41, 5.74) is 4.06. The number of hydrazine groups is 1. The molecule has 0 radical (unpaired) electrons. The third kappa shape index (κ3) is 2.82. The van der Waals surface area contributed by atoms with Crippen LogP contribution >= 0.6 is 0 Å². The summed E-state index contributed by atoms with van der Waals surface area (Å²) >= 11 is 0. The Labute approximate surface area is 81.6 Å². The molecule has 3 N–H and O–H groups in total. The van der Waals surface area contributed by atoms with Crippen molar-refractivity contribution in [1.82, 2.24) is 5.43 Å². The van der Waals surface area contributed by atoms with Gasteiger partial charge in [0.25, 0.3) is 0 Å². The van der Waals surface area contributed by atoms with Gasteiger partial charge in [0, 0.05) is 6.04 Å². The number of hydrogen-bond donors (Lipinski definition) is 2. The van der Waals surface area contributed by atoms with Crippen molar-refractivity contribution >= 4 is 0 Å². The van der Waals surface area contributed by atoms with Crippen LogP contribution in [0.5, 0.6) is 0 Å². The summed E-state index contributed by atoms with van der Waals surface area (Å²) in [6.45, 7) is 8.37. The molecule has 1 saturated carbocycles.